The van der Waals surface area contributed by atoms with Crippen LogP contribution in [0.5, 0.6) is 5.88 Å². The molecule has 0 saturated heterocycles. The van der Waals surface area contributed by atoms with Crippen LogP contribution in [0, 0.1) is 49.0 Å². The number of hydrogen-bond acceptors (Lipinski definition) is 7. The second kappa shape index (κ2) is 25.3. The zero-order chi connectivity index (χ0) is 47.4. The van der Waals surface area contributed by atoms with Crippen LogP contribution < -0.4 is 4.74 Å². The molecule has 64 heavy (non-hydrogen) atoms. The van der Waals surface area contributed by atoms with Gasteiger partial charge in [-0.3, -0.25) is 24.2 Å². The molecule has 0 unspecified atom stereocenters. The molecule has 7 nitrogen and oxygen atoms in total. The third kappa shape index (κ3) is 18.3. The number of halogens is 7. The Morgan fingerprint density at radius 3 is 1.56 bits per heavy atom. The zero-order valence-corrected chi connectivity index (χ0v) is 35.8. The van der Waals surface area contributed by atoms with Crippen LogP contribution in [0.1, 0.15) is 97.7 Å². The van der Waals surface area contributed by atoms with E-state index in [1.165, 1.54) is 20.8 Å². The minimum absolute atomic E-state index is 0.0579. The average molecular weight is 889 g/mol. The molecule has 0 spiro atoms. The number of carbonyl (C=O) groups is 4. The predicted octanol–water partition coefficient (Wildman–Crippen LogP) is 12.7. The first-order valence-corrected chi connectivity index (χ1v) is 19.9. The number of hydrogen-bond donors (Lipinski definition) is 0. The lowest BCUT2D eigenvalue weighted by Gasteiger charge is -2.03. The summed E-state index contributed by atoms with van der Waals surface area (Å²) in [5.74, 6) is -1.52. The highest BCUT2D eigenvalue weighted by Crippen LogP contribution is 2.33. The van der Waals surface area contributed by atoms with Gasteiger partial charge < -0.3 is 4.74 Å². The van der Waals surface area contributed by atoms with E-state index in [2.05, 4.69) is 9.97 Å². The molecular formula is C50H47F7N2O5. The number of rotatable bonds is 7. The molecule has 0 N–H and O–H groups in total. The van der Waals surface area contributed by atoms with Crippen LogP contribution in [0.4, 0.5) is 30.7 Å². The minimum atomic E-state index is -4.25. The summed E-state index contributed by atoms with van der Waals surface area (Å²) in [5.41, 5.74) is 2.59. The van der Waals surface area contributed by atoms with E-state index in [1.807, 2.05) is 73.7 Å². The molecule has 2 aromatic heterocycles. The lowest BCUT2D eigenvalue weighted by Crippen LogP contribution is -2.03. The first-order valence-electron chi connectivity index (χ1n) is 19.9. The van der Waals surface area contributed by atoms with Crippen molar-refractivity contribution in [3.63, 3.8) is 0 Å². The van der Waals surface area contributed by atoms with Gasteiger partial charge >= 0.3 is 6.18 Å². The van der Waals surface area contributed by atoms with E-state index in [-0.39, 0.29) is 28.3 Å². The predicted molar refractivity (Wildman–Crippen MR) is 229 cm³/mol. The summed E-state index contributed by atoms with van der Waals surface area (Å²) in [5, 5.41) is 0. The third-order valence-electron chi connectivity index (χ3n) is 9.18. The number of ether oxygens (including phenoxy) is 1. The second-order valence-corrected chi connectivity index (χ2v) is 14.4. The molecule has 0 amide bonds. The fourth-order valence-corrected chi connectivity index (χ4v) is 5.38. The summed E-state index contributed by atoms with van der Waals surface area (Å²) in [4.78, 5) is 51.8. The molecule has 4 aromatic carbocycles. The second-order valence-electron chi connectivity index (χ2n) is 14.4. The van der Waals surface area contributed by atoms with Crippen molar-refractivity contribution in [2.24, 2.45) is 11.8 Å². The van der Waals surface area contributed by atoms with Gasteiger partial charge in [-0.1, -0.05) is 60.7 Å². The van der Waals surface area contributed by atoms with Crippen molar-refractivity contribution in [3.8, 4) is 5.88 Å². The third-order valence-corrected chi connectivity index (χ3v) is 9.18. The molecule has 0 bridgehead atoms. The molecule has 0 radical (unpaired) electrons. The number of carbonyl (C=O) groups excluding carboxylic acids is 4. The van der Waals surface area contributed by atoms with E-state index in [1.54, 1.807) is 19.4 Å². The SMILES string of the molecule is CC(=O)c1cc(F)cc(F)c1.CC(=O)c1cc(F)cc(F)c1C.COc1ccccn1.Cc1ccccc1C(=O)C1CC1.FC(F)(F)c1ccncc1.O=C(c1ccccc1)C1CC1. The van der Waals surface area contributed by atoms with Crippen molar-refractivity contribution in [1.29, 1.82) is 0 Å². The van der Waals surface area contributed by atoms with E-state index in [9.17, 15) is 49.9 Å². The van der Waals surface area contributed by atoms with Crippen LogP contribution >= 0.6 is 0 Å². The van der Waals surface area contributed by atoms with Gasteiger partial charge in [0.05, 0.1) is 12.7 Å². The van der Waals surface area contributed by atoms with Gasteiger partial charge in [0, 0.05) is 70.9 Å². The number of alkyl halides is 3. The first kappa shape index (κ1) is 51.5. The van der Waals surface area contributed by atoms with Crippen LogP contribution in [-0.4, -0.2) is 40.2 Å². The van der Waals surface area contributed by atoms with Crippen LogP contribution in [-0.2, 0) is 6.18 Å². The van der Waals surface area contributed by atoms with Gasteiger partial charge in [0.1, 0.15) is 23.3 Å². The van der Waals surface area contributed by atoms with E-state index in [4.69, 9.17) is 4.74 Å². The van der Waals surface area contributed by atoms with Crippen LogP contribution in [0.2, 0.25) is 0 Å². The molecule has 2 aliphatic carbocycles. The molecular weight excluding hydrogens is 842 g/mol. The van der Waals surface area contributed by atoms with Gasteiger partial charge in [0.2, 0.25) is 5.88 Å². The average Bonchev–Trinajstić information content (AvgIpc) is 4.21. The zero-order valence-electron chi connectivity index (χ0n) is 35.8. The number of Topliss-reactive ketones (excluding diaryl/α,β-unsaturated/α-hetero) is 4. The van der Waals surface area contributed by atoms with Gasteiger partial charge in [-0.2, -0.15) is 13.2 Å². The van der Waals surface area contributed by atoms with Gasteiger partial charge in [-0.05, 0) is 101 Å². The molecule has 2 saturated carbocycles. The number of aryl methyl sites for hydroxylation is 1. The number of pyridine rings is 2. The van der Waals surface area contributed by atoms with Crippen molar-refractivity contribution in [1.82, 2.24) is 9.97 Å². The summed E-state index contributed by atoms with van der Waals surface area (Å²) >= 11 is 0. The van der Waals surface area contributed by atoms with E-state index in [0.717, 1.165) is 97.2 Å². The van der Waals surface area contributed by atoms with Gasteiger partial charge in [-0.15, -0.1) is 0 Å². The van der Waals surface area contributed by atoms with Crippen LogP contribution in [0.3, 0.4) is 0 Å². The largest absolute Gasteiger partial charge is 0.481 e. The maximum atomic E-state index is 12.8. The van der Waals surface area contributed by atoms with Crippen LogP contribution in [0.25, 0.3) is 0 Å². The van der Waals surface area contributed by atoms with Crippen molar-refractivity contribution < 1.29 is 54.6 Å². The highest BCUT2D eigenvalue weighted by Gasteiger charge is 2.31. The summed E-state index contributed by atoms with van der Waals surface area (Å²) < 4.78 is 90.3. The van der Waals surface area contributed by atoms with Crippen molar-refractivity contribution in [3.05, 3.63) is 196 Å². The number of benzene rings is 4. The molecule has 0 atom stereocenters. The molecule has 0 aliphatic heterocycles. The molecule has 14 heteroatoms. The Morgan fingerprint density at radius 1 is 0.578 bits per heavy atom. The van der Waals surface area contributed by atoms with E-state index in [0.29, 0.717) is 29.3 Å². The molecule has 2 heterocycles. The van der Waals surface area contributed by atoms with Gasteiger partial charge in [0.15, 0.2) is 23.1 Å². The fourth-order valence-electron chi connectivity index (χ4n) is 5.38. The summed E-state index contributed by atoms with van der Waals surface area (Å²) in [6.45, 7) is 5.98. The normalized spacial score (nSPS) is 12.2. The Bertz CT molecular complexity index is 2420. The van der Waals surface area contributed by atoms with Crippen molar-refractivity contribution in [2.75, 3.05) is 7.11 Å². The Morgan fingerprint density at radius 2 is 1.11 bits per heavy atom. The number of methoxy groups -OCH3 is 1. The fraction of sp³-hybridized carbons (Fsp3) is 0.240. The van der Waals surface area contributed by atoms with Crippen molar-refractivity contribution >= 4 is 23.1 Å². The monoisotopic (exact) mass is 888 g/mol. The Balaban J connectivity index is 0.000000205. The smallest absolute Gasteiger partial charge is 0.416 e. The standard InChI is InChI=1S/C11H12O.C10H10O.C9H8F2O.C8H6F2O.C6H4F3N.C6H7NO/c1-8-4-2-3-5-10(8)11(12)9-6-7-9;11-10(9-6-7-9)8-4-2-1-3-5-8;1-5-8(6(2)12)3-7(10)4-9(5)11;1-5(11)6-2-7(9)4-8(10)3-6;7-6(8,9)5-1-3-10-4-2-5;1-8-6-4-2-3-5-7-6/h2-5,9H,6-7H2,1H3;1-5,9H,6-7H2;3-4H,1-2H3;2-4H,1H3;1-4H;2-5H,1H3. The van der Waals surface area contributed by atoms with E-state index >= 15 is 0 Å². The molecule has 2 fully saturated rings. The molecule has 2 aliphatic rings. The maximum absolute atomic E-state index is 12.8. The quantitative estimate of drug-likeness (QED) is 0.116. The summed E-state index contributed by atoms with van der Waals surface area (Å²) in [6, 6.07) is 29.3. The van der Waals surface area contributed by atoms with Crippen molar-refractivity contribution in [2.45, 2.75) is 59.6 Å². The molecule has 6 aromatic rings. The first-order chi connectivity index (χ1) is 30.3. The minimum Gasteiger partial charge on any atom is -0.481 e. The van der Waals surface area contributed by atoms with E-state index < -0.39 is 35.0 Å². The highest BCUT2D eigenvalue weighted by atomic mass is 19.4. The lowest BCUT2D eigenvalue weighted by molar-refractivity contribution is -0.137. The van der Waals surface area contributed by atoms with Crippen LogP contribution in [0.15, 0.2) is 134 Å². The maximum Gasteiger partial charge on any atom is 0.416 e. The Hall–Kier alpha value is -6.83. The highest BCUT2D eigenvalue weighted by molar-refractivity contribution is 6.00. The topological polar surface area (TPSA) is 103 Å². The number of nitrogens with zero attached hydrogens (tertiary/aromatic N) is 2. The lowest BCUT2D eigenvalue weighted by atomic mass is 10.0. The Labute approximate surface area is 367 Å². The number of ketones is 4. The molecule has 336 valence electrons. The Kier molecular flexibility index (Phi) is 20.4. The molecule has 8 rings (SSSR count). The number of aromatic nitrogens is 2. The summed E-state index contributed by atoms with van der Waals surface area (Å²) in [6.07, 6.45) is 4.04. The van der Waals surface area contributed by atoms with Gasteiger partial charge in [0.25, 0.3) is 0 Å². The van der Waals surface area contributed by atoms with Gasteiger partial charge in [-0.25, -0.2) is 22.5 Å². The summed E-state index contributed by atoms with van der Waals surface area (Å²) in [7, 11) is 1.60.